The molecule has 0 aliphatic carbocycles. The molecule has 90 valence electrons. The van der Waals surface area contributed by atoms with Gasteiger partial charge in [-0.15, -0.1) is 11.8 Å². The Balaban J connectivity index is 1.77. The second kappa shape index (κ2) is 6.46. The van der Waals surface area contributed by atoms with Crippen LogP contribution in [-0.2, 0) is 5.75 Å². The van der Waals surface area contributed by atoms with Crippen LogP contribution in [0.5, 0.6) is 5.75 Å². The van der Waals surface area contributed by atoms with E-state index in [-0.39, 0.29) is 0 Å². The summed E-state index contributed by atoms with van der Waals surface area (Å²) in [5.74, 6) is 3.09. The van der Waals surface area contributed by atoms with E-state index >= 15 is 0 Å². The molecule has 0 fully saturated rings. The molecule has 1 N–H and O–H groups in total. The summed E-state index contributed by atoms with van der Waals surface area (Å²) in [6.07, 6.45) is 1.78. The second-order valence-electron chi connectivity index (χ2n) is 3.19. The molecule has 1 aromatic heterocycles. The van der Waals surface area contributed by atoms with Crippen molar-refractivity contribution < 1.29 is 9.15 Å². The number of hydrogen-bond donors (Lipinski definition) is 1. The summed E-state index contributed by atoms with van der Waals surface area (Å²) < 4.78 is 12.0. The molecule has 2 aromatic rings. The van der Waals surface area contributed by atoms with E-state index < -0.39 is 0 Å². The molecule has 0 aliphatic rings. The van der Waals surface area contributed by atoms with Crippen LogP contribution in [0.1, 0.15) is 5.76 Å². The van der Waals surface area contributed by atoms with Crippen molar-refractivity contribution in [1.82, 2.24) is 4.98 Å². The largest absolute Gasteiger partial charge is 0.482 e. The maximum atomic E-state index is 5.64. The lowest BCUT2D eigenvalue weighted by molar-refractivity contribution is 0.389. The van der Waals surface area contributed by atoms with E-state index in [4.69, 9.17) is 21.4 Å². The maximum absolute atomic E-state index is 5.64. The minimum absolute atomic E-state index is 0.416. The number of benzene rings is 1. The number of aromatic amines is 1. The Hall–Kier alpha value is -0.470. The zero-order chi connectivity index (χ0) is 12.1. The topological polar surface area (TPSA) is 38.2 Å². The number of rotatable bonds is 5. The maximum Gasteiger partial charge on any atom is 0.266 e. The van der Waals surface area contributed by atoms with E-state index in [9.17, 15) is 0 Å². The fraction of sp³-hybridized carbons (Fsp3) is 0.182. The molecule has 0 saturated carbocycles. The van der Waals surface area contributed by atoms with Crippen LogP contribution in [0.4, 0.5) is 0 Å². The first-order chi connectivity index (χ1) is 8.25. The van der Waals surface area contributed by atoms with Crippen LogP contribution >= 0.6 is 46.6 Å². The molecule has 2 rings (SSSR count). The summed E-state index contributed by atoms with van der Waals surface area (Å²) >= 11 is 8.73. The van der Waals surface area contributed by atoms with Crippen LogP contribution in [0.15, 0.2) is 34.9 Å². The molecule has 0 unspecified atom stereocenters. The Morgan fingerprint density at radius 2 is 2.24 bits per heavy atom. The summed E-state index contributed by atoms with van der Waals surface area (Å²) in [5.41, 5.74) is 0. The highest BCUT2D eigenvalue weighted by atomic mass is 127. The van der Waals surface area contributed by atoms with E-state index in [1.165, 1.54) is 0 Å². The lowest BCUT2D eigenvalue weighted by atomic mass is 10.3. The predicted octanol–water partition coefficient (Wildman–Crippen LogP) is 4.21. The fourth-order valence-electron chi connectivity index (χ4n) is 1.20. The summed E-state index contributed by atoms with van der Waals surface area (Å²) in [6, 6.07) is 7.94. The van der Waals surface area contributed by atoms with Crippen LogP contribution in [0.25, 0.3) is 0 Å². The summed E-state index contributed by atoms with van der Waals surface area (Å²) in [7, 11) is 0. The number of nitrogens with one attached hydrogen (secondary N) is 1. The fourth-order valence-corrected chi connectivity index (χ4v) is 2.54. The van der Waals surface area contributed by atoms with E-state index in [1.54, 1.807) is 18.0 Å². The Labute approximate surface area is 122 Å². The highest BCUT2D eigenvalue weighted by Crippen LogP contribution is 2.21. The molecular weight excluding hydrogens is 369 g/mol. The number of hydrogen-bond acceptors (Lipinski definition) is 4. The van der Waals surface area contributed by atoms with Crippen LogP contribution in [0.2, 0.25) is 0 Å². The molecule has 1 aromatic carbocycles. The van der Waals surface area contributed by atoms with E-state index in [1.807, 2.05) is 24.3 Å². The number of oxazole rings is 1. The molecular formula is C11H10INO2S2. The Bertz CT molecular complexity index is 538. The van der Waals surface area contributed by atoms with Gasteiger partial charge in [-0.1, -0.05) is 12.1 Å². The van der Waals surface area contributed by atoms with Crippen molar-refractivity contribution >= 4 is 46.6 Å². The molecule has 1 heterocycles. The molecule has 0 aliphatic heterocycles. The van der Waals surface area contributed by atoms with Gasteiger partial charge in [0.1, 0.15) is 17.4 Å². The highest BCUT2D eigenvalue weighted by Gasteiger charge is 2.01. The van der Waals surface area contributed by atoms with Gasteiger partial charge in [0.05, 0.1) is 9.32 Å². The quantitative estimate of drug-likeness (QED) is 0.366. The van der Waals surface area contributed by atoms with E-state index in [0.29, 0.717) is 10.8 Å². The molecule has 17 heavy (non-hydrogen) atoms. The van der Waals surface area contributed by atoms with Gasteiger partial charge >= 0.3 is 0 Å². The van der Waals surface area contributed by atoms with Crippen molar-refractivity contribution in [2.24, 2.45) is 0 Å². The Morgan fingerprint density at radius 3 is 2.94 bits per heavy atom. The van der Waals surface area contributed by atoms with Gasteiger partial charge in [0.2, 0.25) is 0 Å². The zero-order valence-electron chi connectivity index (χ0n) is 8.81. The van der Waals surface area contributed by atoms with Crippen molar-refractivity contribution in [2.75, 3.05) is 5.94 Å². The highest BCUT2D eigenvalue weighted by molar-refractivity contribution is 14.1. The molecule has 0 atom stereocenters. The molecule has 0 bridgehead atoms. The number of para-hydroxylation sites is 1. The molecule has 0 amide bonds. The predicted molar refractivity (Wildman–Crippen MR) is 79.8 cm³/mol. The molecule has 0 radical (unpaired) electrons. The molecule has 3 nitrogen and oxygen atoms in total. The Kier molecular flexibility index (Phi) is 4.93. The SMILES string of the molecule is S=c1[nH]cc(CSCOc2ccccc2I)o1. The first-order valence-electron chi connectivity index (χ1n) is 4.88. The number of aromatic nitrogens is 1. The van der Waals surface area contributed by atoms with Crippen molar-refractivity contribution in [3.8, 4) is 5.75 Å². The third kappa shape index (κ3) is 4.04. The minimum atomic E-state index is 0.416. The van der Waals surface area contributed by atoms with Crippen molar-refractivity contribution in [1.29, 1.82) is 0 Å². The van der Waals surface area contributed by atoms with Crippen LogP contribution < -0.4 is 4.74 Å². The second-order valence-corrected chi connectivity index (χ2v) is 5.65. The molecule has 6 heteroatoms. The number of halogens is 1. The third-order valence-electron chi connectivity index (χ3n) is 1.95. The minimum Gasteiger partial charge on any atom is -0.482 e. The normalized spacial score (nSPS) is 10.4. The smallest absolute Gasteiger partial charge is 0.266 e. The first kappa shape index (κ1) is 13.0. The van der Waals surface area contributed by atoms with Gasteiger partial charge in [0.15, 0.2) is 0 Å². The van der Waals surface area contributed by atoms with Gasteiger partial charge in [0.25, 0.3) is 4.84 Å². The summed E-state index contributed by atoms with van der Waals surface area (Å²) in [5, 5.41) is 0. The van der Waals surface area contributed by atoms with Crippen molar-refractivity contribution in [3.05, 3.63) is 44.6 Å². The first-order valence-corrected chi connectivity index (χ1v) is 7.52. The molecule has 0 saturated heterocycles. The number of H-pyrrole nitrogens is 1. The van der Waals surface area contributed by atoms with Crippen LogP contribution in [0.3, 0.4) is 0 Å². The van der Waals surface area contributed by atoms with Gasteiger partial charge in [-0.05, 0) is 46.9 Å². The zero-order valence-corrected chi connectivity index (χ0v) is 12.6. The van der Waals surface area contributed by atoms with E-state index in [0.717, 1.165) is 20.8 Å². The summed E-state index contributed by atoms with van der Waals surface area (Å²) in [6.45, 7) is 0. The van der Waals surface area contributed by atoms with Crippen LogP contribution in [-0.4, -0.2) is 10.9 Å². The average molecular weight is 379 g/mol. The monoisotopic (exact) mass is 379 g/mol. The van der Waals surface area contributed by atoms with Gasteiger partial charge < -0.3 is 14.1 Å². The van der Waals surface area contributed by atoms with Crippen LogP contribution in [0, 0.1) is 8.41 Å². The van der Waals surface area contributed by atoms with Crippen molar-refractivity contribution in [2.45, 2.75) is 5.75 Å². The van der Waals surface area contributed by atoms with Gasteiger partial charge in [-0.25, -0.2) is 0 Å². The summed E-state index contributed by atoms with van der Waals surface area (Å²) in [4.78, 5) is 3.24. The van der Waals surface area contributed by atoms with Crippen molar-refractivity contribution in [3.63, 3.8) is 0 Å². The lowest BCUT2D eigenvalue weighted by Gasteiger charge is -2.06. The van der Waals surface area contributed by atoms with E-state index in [2.05, 4.69) is 27.6 Å². The number of ether oxygens (including phenoxy) is 1. The third-order valence-corrected chi connectivity index (χ3v) is 3.82. The number of thioether (sulfide) groups is 1. The molecule has 0 spiro atoms. The van der Waals surface area contributed by atoms with Gasteiger partial charge in [-0.2, -0.15) is 0 Å². The average Bonchev–Trinajstić information content (AvgIpc) is 2.73. The van der Waals surface area contributed by atoms with Gasteiger partial charge in [0, 0.05) is 6.20 Å². The lowest BCUT2D eigenvalue weighted by Crippen LogP contribution is -1.94. The van der Waals surface area contributed by atoms with Gasteiger partial charge in [-0.3, -0.25) is 0 Å². The standard InChI is InChI=1S/C11H10INO2S2/c12-9-3-1-2-4-10(9)14-7-17-6-8-5-13-11(16)15-8/h1-5H,6-7H2,(H,13,16). The Morgan fingerprint density at radius 1 is 1.41 bits per heavy atom.